The van der Waals surface area contributed by atoms with E-state index < -0.39 is 0 Å². The Morgan fingerprint density at radius 1 is 1.38 bits per heavy atom. The van der Waals surface area contributed by atoms with Crippen molar-refractivity contribution in [1.29, 1.82) is 0 Å². The molecule has 5 heteroatoms. The molecule has 3 unspecified atom stereocenters. The minimum atomic E-state index is 0.515. The highest BCUT2D eigenvalue weighted by molar-refractivity contribution is 6.30. The van der Waals surface area contributed by atoms with Gasteiger partial charge in [0.25, 0.3) is 0 Å². The van der Waals surface area contributed by atoms with Crippen LogP contribution in [0.25, 0.3) is 0 Å². The van der Waals surface area contributed by atoms with Crippen LogP contribution in [0.3, 0.4) is 0 Å². The van der Waals surface area contributed by atoms with Crippen molar-refractivity contribution in [3.8, 4) is 0 Å². The van der Waals surface area contributed by atoms with Gasteiger partial charge in [-0.15, -0.1) is 0 Å². The Hall–Kier alpha value is -0.870. The molecule has 2 saturated heterocycles. The fourth-order valence-electron chi connectivity index (χ4n) is 2.89. The number of anilines is 1. The third-order valence-electron chi connectivity index (χ3n) is 3.80. The van der Waals surface area contributed by atoms with Crippen LogP contribution in [-0.2, 0) is 0 Å². The normalized spacial score (nSPS) is 33.1. The number of fused-ring (bicyclic) bond motifs is 1. The van der Waals surface area contributed by atoms with Gasteiger partial charge >= 0.3 is 0 Å². The lowest BCUT2D eigenvalue weighted by atomic mass is 9.95. The molecule has 1 N–H and O–H groups in total. The summed E-state index contributed by atoms with van der Waals surface area (Å²) < 4.78 is 0. The molecule has 0 radical (unpaired) electrons. The number of hydrogen-bond donors (Lipinski definition) is 1. The monoisotopic (exact) mass is 238 g/mol. The highest BCUT2D eigenvalue weighted by Crippen LogP contribution is 2.34. The van der Waals surface area contributed by atoms with E-state index in [1.807, 2.05) is 0 Å². The van der Waals surface area contributed by atoms with Crippen LogP contribution in [0.15, 0.2) is 12.4 Å². The molecule has 0 amide bonds. The molecule has 3 rings (SSSR count). The van der Waals surface area contributed by atoms with Crippen LogP contribution in [0.5, 0.6) is 0 Å². The van der Waals surface area contributed by atoms with Crippen LogP contribution in [0.4, 0.5) is 5.95 Å². The number of aromatic nitrogens is 2. The zero-order valence-corrected chi connectivity index (χ0v) is 9.98. The third-order valence-corrected chi connectivity index (χ3v) is 3.99. The zero-order valence-electron chi connectivity index (χ0n) is 9.23. The molecule has 2 aliphatic rings. The van der Waals surface area contributed by atoms with E-state index in [2.05, 4.69) is 27.1 Å². The second-order valence-corrected chi connectivity index (χ2v) is 5.11. The highest BCUT2D eigenvalue weighted by atomic mass is 35.5. The minimum absolute atomic E-state index is 0.515. The maximum Gasteiger partial charge on any atom is 0.225 e. The summed E-state index contributed by atoms with van der Waals surface area (Å²) in [5, 5.41) is 4.04. The molecule has 3 heterocycles. The summed E-state index contributed by atoms with van der Waals surface area (Å²) in [5.41, 5.74) is 0. The summed E-state index contributed by atoms with van der Waals surface area (Å²) in [7, 11) is 0. The second kappa shape index (κ2) is 3.86. The van der Waals surface area contributed by atoms with E-state index in [0.717, 1.165) is 37.4 Å². The number of rotatable bonds is 1. The average molecular weight is 239 g/mol. The topological polar surface area (TPSA) is 41.0 Å². The van der Waals surface area contributed by atoms with Gasteiger partial charge in [0.2, 0.25) is 5.95 Å². The molecule has 0 saturated carbocycles. The second-order valence-electron chi connectivity index (χ2n) is 4.68. The first kappa shape index (κ1) is 10.3. The van der Waals surface area contributed by atoms with E-state index in [9.17, 15) is 0 Å². The lowest BCUT2D eigenvalue weighted by Crippen LogP contribution is -2.34. The van der Waals surface area contributed by atoms with Crippen molar-refractivity contribution in [3.63, 3.8) is 0 Å². The van der Waals surface area contributed by atoms with Crippen molar-refractivity contribution in [2.24, 2.45) is 11.8 Å². The van der Waals surface area contributed by atoms with Gasteiger partial charge in [-0.05, 0) is 18.8 Å². The van der Waals surface area contributed by atoms with Gasteiger partial charge in [0.1, 0.15) is 0 Å². The first-order valence-electron chi connectivity index (χ1n) is 5.70. The number of nitrogens with zero attached hydrogens (tertiary/aromatic N) is 3. The molecule has 0 spiro atoms. The van der Waals surface area contributed by atoms with Crippen molar-refractivity contribution in [2.75, 3.05) is 24.5 Å². The van der Waals surface area contributed by atoms with E-state index >= 15 is 0 Å². The molecule has 0 aliphatic carbocycles. The van der Waals surface area contributed by atoms with Gasteiger partial charge < -0.3 is 10.2 Å². The Morgan fingerprint density at radius 3 is 2.81 bits per heavy atom. The molecular formula is C11H15ClN4. The van der Waals surface area contributed by atoms with E-state index in [0.29, 0.717) is 11.1 Å². The maximum absolute atomic E-state index is 5.80. The van der Waals surface area contributed by atoms with Gasteiger partial charge in [-0.1, -0.05) is 11.6 Å². The van der Waals surface area contributed by atoms with Gasteiger partial charge in [0, 0.05) is 25.7 Å². The minimum Gasteiger partial charge on any atom is -0.337 e. The predicted molar refractivity (Wildman–Crippen MR) is 63.7 cm³/mol. The first-order chi connectivity index (χ1) is 7.75. The van der Waals surface area contributed by atoms with Crippen molar-refractivity contribution >= 4 is 17.5 Å². The Morgan fingerprint density at radius 2 is 2.12 bits per heavy atom. The molecular weight excluding hydrogens is 224 g/mol. The van der Waals surface area contributed by atoms with Crippen LogP contribution in [0, 0.1) is 11.8 Å². The number of nitrogens with one attached hydrogen (secondary N) is 1. The van der Waals surface area contributed by atoms with Gasteiger partial charge in [0.15, 0.2) is 0 Å². The Balaban J connectivity index is 1.83. The molecule has 0 aromatic carbocycles. The SMILES string of the molecule is CC1C2CNCC2CN1c1ncc(Cl)cn1. The van der Waals surface area contributed by atoms with Crippen LogP contribution >= 0.6 is 11.6 Å². The standard InChI is InChI=1S/C11H15ClN4/c1-7-10-5-13-2-8(10)6-16(7)11-14-3-9(12)4-15-11/h3-4,7-8,10,13H,2,5-6H2,1H3. The molecule has 1 aromatic rings. The zero-order chi connectivity index (χ0) is 11.1. The molecule has 0 bridgehead atoms. The Bertz CT molecular complexity index is 380. The third kappa shape index (κ3) is 1.57. The summed E-state index contributed by atoms with van der Waals surface area (Å²) in [4.78, 5) is 10.9. The molecule has 2 fully saturated rings. The van der Waals surface area contributed by atoms with Crippen molar-refractivity contribution in [2.45, 2.75) is 13.0 Å². The van der Waals surface area contributed by atoms with E-state index in [1.54, 1.807) is 12.4 Å². The summed E-state index contributed by atoms with van der Waals surface area (Å²) in [6.45, 7) is 5.56. The smallest absolute Gasteiger partial charge is 0.225 e. The molecule has 3 atom stereocenters. The molecule has 1 aromatic heterocycles. The summed E-state index contributed by atoms with van der Waals surface area (Å²) in [6, 6.07) is 0.515. The van der Waals surface area contributed by atoms with Crippen LogP contribution < -0.4 is 10.2 Å². The van der Waals surface area contributed by atoms with Crippen LogP contribution in [-0.4, -0.2) is 35.6 Å². The summed E-state index contributed by atoms with van der Waals surface area (Å²) in [6.07, 6.45) is 3.34. The fraction of sp³-hybridized carbons (Fsp3) is 0.636. The maximum atomic E-state index is 5.80. The van der Waals surface area contributed by atoms with E-state index in [4.69, 9.17) is 11.6 Å². The summed E-state index contributed by atoms with van der Waals surface area (Å²) >= 11 is 5.80. The van der Waals surface area contributed by atoms with Crippen molar-refractivity contribution in [3.05, 3.63) is 17.4 Å². The van der Waals surface area contributed by atoms with Crippen molar-refractivity contribution < 1.29 is 0 Å². The van der Waals surface area contributed by atoms with Crippen molar-refractivity contribution in [1.82, 2.24) is 15.3 Å². The highest BCUT2D eigenvalue weighted by Gasteiger charge is 2.42. The van der Waals surface area contributed by atoms with E-state index in [1.165, 1.54) is 0 Å². The fourth-order valence-corrected chi connectivity index (χ4v) is 2.98. The lowest BCUT2D eigenvalue weighted by Gasteiger charge is -2.24. The molecule has 4 nitrogen and oxygen atoms in total. The molecule has 16 heavy (non-hydrogen) atoms. The van der Waals surface area contributed by atoms with E-state index in [-0.39, 0.29) is 0 Å². The quantitative estimate of drug-likeness (QED) is 0.798. The van der Waals surface area contributed by atoms with Crippen LogP contribution in [0.1, 0.15) is 6.92 Å². The Kier molecular flexibility index (Phi) is 2.48. The lowest BCUT2D eigenvalue weighted by molar-refractivity contribution is 0.471. The first-order valence-corrected chi connectivity index (χ1v) is 6.08. The largest absolute Gasteiger partial charge is 0.337 e. The number of halogens is 1. The summed E-state index contributed by atoms with van der Waals surface area (Å²) in [5.74, 6) is 2.29. The molecule has 86 valence electrons. The molecule has 2 aliphatic heterocycles. The van der Waals surface area contributed by atoms with Gasteiger partial charge in [-0.3, -0.25) is 0 Å². The predicted octanol–water partition coefficient (Wildman–Crippen LogP) is 1.17. The average Bonchev–Trinajstić information content (AvgIpc) is 2.84. The van der Waals surface area contributed by atoms with Gasteiger partial charge in [-0.2, -0.15) is 0 Å². The van der Waals surface area contributed by atoms with Gasteiger partial charge in [0.05, 0.1) is 17.4 Å². The van der Waals surface area contributed by atoms with Crippen LogP contribution in [0.2, 0.25) is 5.02 Å². The number of hydrogen-bond acceptors (Lipinski definition) is 4. The van der Waals surface area contributed by atoms with Gasteiger partial charge in [-0.25, -0.2) is 9.97 Å². The Labute approximate surface area is 100 Å².